The number of anilines is 2. The van der Waals surface area contributed by atoms with Gasteiger partial charge in [-0.05, 0) is 72.5 Å². The summed E-state index contributed by atoms with van der Waals surface area (Å²) in [6.07, 6.45) is 3.10. The molecule has 2 rings (SSSR count). The Morgan fingerprint density at radius 1 is 1.00 bits per heavy atom. The predicted molar refractivity (Wildman–Crippen MR) is 113 cm³/mol. The van der Waals surface area contributed by atoms with Gasteiger partial charge in [-0.1, -0.05) is 12.1 Å². The molecule has 2 aromatic rings. The van der Waals surface area contributed by atoms with Crippen LogP contribution in [0.2, 0.25) is 0 Å². The Morgan fingerprint density at radius 3 is 2.12 bits per heavy atom. The molecule has 1 amide bonds. The molecule has 0 aliphatic rings. The molecule has 0 atom stereocenters. The Labute approximate surface area is 162 Å². The molecule has 0 aliphatic heterocycles. The van der Waals surface area contributed by atoms with Crippen LogP contribution in [-0.2, 0) is 4.79 Å². The van der Waals surface area contributed by atoms with Gasteiger partial charge < -0.3 is 21.1 Å². The SMILES string of the molecule is COc1ccc(C=CC(=O)NC(=S)Nc2ccc(NC(N)=S)cc2)cc1. The number of nitrogens with one attached hydrogen (secondary N) is 3. The molecule has 2 aromatic carbocycles. The third-order valence-electron chi connectivity index (χ3n) is 3.19. The first kappa shape index (κ1) is 19.4. The first-order valence-corrected chi connectivity index (χ1v) is 8.38. The molecule has 134 valence electrons. The number of rotatable bonds is 5. The molecule has 0 fully saturated rings. The fourth-order valence-corrected chi connectivity index (χ4v) is 2.32. The zero-order valence-electron chi connectivity index (χ0n) is 14.0. The summed E-state index contributed by atoms with van der Waals surface area (Å²) in [5.41, 5.74) is 7.77. The summed E-state index contributed by atoms with van der Waals surface area (Å²) >= 11 is 9.90. The zero-order chi connectivity index (χ0) is 18.9. The van der Waals surface area contributed by atoms with Gasteiger partial charge in [-0.3, -0.25) is 10.1 Å². The number of hydrogen-bond acceptors (Lipinski definition) is 4. The number of methoxy groups -OCH3 is 1. The van der Waals surface area contributed by atoms with Gasteiger partial charge in [-0.15, -0.1) is 0 Å². The van der Waals surface area contributed by atoms with Crippen molar-refractivity contribution in [3.8, 4) is 5.75 Å². The lowest BCUT2D eigenvalue weighted by atomic mass is 10.2. The molecule has 26 heavy (non-hydrogen) atoms. The Hall–Kier alpha value is -2.97. The van der Waals surface area contributed by atoms with E-state index in [0.717, 1.165) is 22.7 Å². The van der Waals surface area contributed by atoms with Gasteiger partial charge in [-0.25, -0.2) is 0 Å². The normalized spacial score (nSPS) is 10.2. The highest BCUT2D eigenvalue weighted by Crippen LogP contribution is 2.14. The van der Waals surface area contributed by atoms with Crippen molar-refractivity contribution in [1.82, 2.24) is 5.32 Å². The topological polar surface area (TPSA) is 88.4 Å². The molecular formula is C18H18N4O2S2. The lowest BCUT2D eigenvalue weighted by molar-refractivity contribution is -0.115. The molecule has 0 spiro atoms. The highest BCUT2D eigenvalue weighted by atomic mass is 32.1. The summed E-state index contributed by atoms with van der Waals surface area (Å²) in [4.78, 5) is 11.9. The van der Waals surface area contributed by atoms with Crippen molar-refractivity contribution < 1.29 is 9.53 Å². The summed E-state index contributed by atoms with van der Waals surface area (Å²) in [5, 5.41) is 8.71. The van der Waals surface area contributed by atoms with Crippen LogP contribution >= 0.6 is 24.4 Å². The number of carbonyl (C=O) groups is 1. The van der Waals surface area contributed by atoms with Gasteiger partial charge in [0.15, 0.2) is 10.2 Å². The lowest BCUT2D eigenvalue weighted by Gasteiger charge is -2.09. The van der Waals surface area contributed by atoms with Crippen LogP contribution in [0.5, 0.6) is 5.75 Å². The summed E-state index contributed by atoms with van der Waals surface area (Å²) in [7, 11) is 1.60. The third-order valence-corrected chi connectivity index (χ3v) is 3.50. The van der Waals surface area contributed by atoms with Crippen LogP contribution in [-0.4, -0.2) is 23.2 Å². The maximum Gasteiger partial charge on any atom is 0.250 e. The number of ether oxygens (including phenoxy) is 1. The van der Waals surface area contributed by atoms with E-state index in [1.807, 2.05) is 24.3 Å². The maximum atomic E-state index is 11.9. The number of hydrogen-bond donors (Lipinski definition) is 4. The van der Waals surface area contributed by atoms with Crippen LogP contribution in [0.25, 0.3) is 6.08 Å². The zero-order valence-corrected chi connectivity index (χ0v) is 15.6. The second-order valence-corrected chi connectivity index (χ2v) is 5.96. The van der Waals surface area contributed by atoms with Gasteiger partial charge in [0.1, 0.15) is 5.75 Å². The van der Waals surface area contributed by atoms with Crippen molar-refractivity contribution in [3.05, 3.63) is 60.2 Å². The molecule has 0 saturated heterocycles. The van der Waals surface area contributed by atoms with Gasteiger partial charge in [0.25, 0.3) is 0 Å². The standard InChI is InChI=1S/C18H18N4O2S2/c1-24-15-9-2-12(3-10-15)4-11-16(23)22-18(26)21-14-7-5-13(6-8-14)20-17(19)25/h2-11H,1H3,(H3,19,20,25)(H2,21,22,23,26). The fraction of sp³-hybridized carbons (Fsp3) is 0.0556. The number of amides is 1. The Balaban J connectivity index is 1.85. The predicted octanol–water partition coefficient (Wildman–Crippen LogP) is 2.88. The van der Waals surface area contributed by atoms with Crippen LogP contribution in [0, 0.1) is 0 Å². The molecule has 0 unspecified atom stereocenters. The molecule has 6 nitrogen and oxygen atoms in total. The van der Waals surface area contributed by atoms with Crippen LogP contribution in [0.1, 0.15) is 5.56 Å². The van der Waals surface area contributed by atoms with Crippen molar-refractivity contribution in [2.45, 2.75) is 0 Å². The number of nitrogens with two attached hydrogens (primary N) is 1. The number of benzene rings is 2. The smallest absolute Gasteiger partial charge is 0.250 e. The van der Waals surface area contributed by atoms with Crippen LogP contribution in [0.15, 0.2) is 54.6 Å². The Bertz CT molecular complexity index is 818. The average molecular weight is 387 g/mol. The molecule has 5 N–H and O–H groups in total. The highest BCUT2D eigenvalue weighted by molar-refractivity contribution is 7.80. The minimum absolute atomic E-state index is 0.192. The van der Waals surface area contributed by atoms with E-state index in [0.29, 0.717) is 0 Å². The van der Waals surface area contributed by atoms with Gasteiger partial charge in [-0.2, -0.15) is 0 Å². The average Bonchev–Trinajstić information content (AvgIpc) is 2.61. The Kier molecular flexibility index (Phi) is 7.07. The van der Waals surface area contributed by atoms with E-state index < -0.39 is 0 Å². The van der Waals surface area contributed by atoms with Gasteiger partial charge in [0.05, 0.1) is 7.11 Å². The number of carbonyl (C=O) groups excluding carboxylic acids is 1. The second kappa shape index (κ2) is 9.50. The maximum absolute atomic E-state index is 11.9. The molecule has 0 bridgehead atoms. The Morgan fingerprint density at radius 2 is 1.58 bits per heavy atom. The molecule has 0 aliphatic carbocycles. The van der Waals surface area contributed by atoms with E-state index in [1.54, 1.807) is 37.5 Å². The van der Waals surface area contributed by atoms with Crippen LogP contribution in [0.3, 0.4) is 0 Å². The molecule has 0 heterocycles. The summed E-state index contributed by atoms with van der Waals surface area (Å²) < 4.78 is 5.08. The molecule has 0 saturated carbocycles. The van der Waals surface area contributed by atoms with E-state index in [1.165, 1.54) is 6.08 Å². The molecule has 0 radical (unpaired) electrons. The fourth-order valence-electron chi connectivity index (χ4n) is 1.98. The monoisotopic (exact) mass is 386 g/mol. The minimum Gasteiger partial charge on any atom is -0.497 e. The lowest BCUT2D eigenvalue weighted by Crippen LogP contribution is -2.32. The van der Waals surface area contributed by atoms with E-state index in [4.69, 9.17) is 34.9 Å². The first-order valence-electron chi connectivity index (χ1n) is 7.57. The van der Waals surface area contributed by atoms with E-state index >= 15 is 0 Å². The van der Waals surface area contributed by atoms with Crippen molar-refractivity contribution >= 4 is 58.0 Å². The van der Waals surface area contributed by atoms with Gasteiger partial charge >= 0.3 is 0 Å². The summed E-state index contributed by atoms with van der Waals surface area (Å²) in [5.74, 6) is 0.427. The first-order chi connectivity index (χ1) is 12.5. The van der Waals surface area contributed by atoms with Crippen molar-refractivity contribution in [1.29, 1.82) is 0 Å². The highest BCUT2D eigenvalue weighted by Gasteiger charge is 2.02. The van der Waals surface area contributed by atoms with Crippen molar-refractivity contribution in [3.63, 3.8) is 0 Å². The third kappa shape index (κ3) is 6.50. The van der Waals surface area contributed by atoms with Crippen molar-refractivity contribution in [2.24, 2.45) is 5.73 Å². The van der Waals surface area contributed by atoms with E-state index in [9.17, 15) is 4.79 Å². The summed E-state index contributed by atoms with van der Waals surface area (Å²) in [6.45, 7) is 0. The van der Waals surface area contributed by atoms with E-state index in [-0.39, 0.29) is 16.1 Å². The van der Waals surface area contributed by atoms with E-state index in [2.05, 4.69) is 16.0 Å². The van der Waals surface area contributed by atoms with Crippen molar-refractivity contribution in [2.75, 3.05) is 17.7 Å². The summed E-state index contributed by atoms with van der Waals surface area (Å²) in [6, 6.07) is 14.5. The minimum atomic E-state index is -0.329. The largest absolute Gasteiger partial charge is 0.497 e. The molecule has 0 aromatic heterocycles. The van der Waals surface area contributed by atoms with Crippen LogP contribution in [0.4, 0.5) is 11.4 Å². The van der Waals surface area contributed by atoms with Gasteiger partial charge in [0, 0.05) is 17.5 Å². The van der Waals surface area contributed by atoms with Gasteiger partial charge in [0.2, 0.25) is 5.91 Å². The number of thiocarbonyl (C=S) groups is 2. The van der Waals surface area contributed by atoms with Crippen LogP contribution < -0.4 is 26.4 Å². The molecular weight excluding hydrogens is 368 g/mol. The quantitative estimate of drug-likeness (QED) is 0.464. The molecule has 8 heteroatoms. The second-order valence-electron chi connectivity index (χ2n) is 5.12.